The van der Waals surface area contributed by atoms with Gasteiger partial charge >= 0.3 is 0 Å². The number of likely N-dealkylation sites (tertiary alicyclic amines) is 1. The molecule has 2 aliphatic heterocycles. The zero-order valence-electron chi connectivity index (χ0n) is 20.0. The fourth-order valence-corrected chi connectivity index (χ4v) is 5.85. The molecule has 0 radical (unpaired) electrons. The van der Waals surface area contributed by atoms with E-state index in [2.05, 4.69) is 5.32 Å². The zero-order chi connectivity index (χ0) is 24.4. The third kappa shape index (κ3) is 5.06. The molecule has 3 aliphatic rings. The summed E-state index contributed by atoms with van der Waals surface area (Å²) in [5.41, 5.74) is 0.489. The van der Waals surface area contributed by atoms with E-state index in [-0.39, 0.29) is 29.8 Å². The minimum atomic E-state index is -0.589. The summed E-state index contributed by atoms with van der Waals surface area (Å²) >= 11 is 1.44. The molecule has 3 fully saturated rings. The number of ether oxygens (including phenoxy) is 1. The number of methoxy groups -OCH3 is 1. The minimum absolute atomic E-state index is 0.00773. The van der Waals surface area contributed by atoms with Crippen molar-refractivity contribution in [2.24, 2.45) is 0 Å². The molecule has 1 saturated carbocycles. The highest BCUT2D eigenvalue weighted by Crippen LogP contribution is 2.36. The Morgan fingerprint density at radius 2 is 1.94 bits per heavy atom. The van der Waals surface area contributed by atoms with Crippen molar-refractivity contribution in [3.05, 3.63) is 52.2 Å². The molecular weight excluding hydrogens is 464 g/mol. The molecule has 186 valence electrons. The quantitative estimate of drug-likeness (QED) is 0.665. The van der Waals surface area contributed by atoms with Gasteiger partial charge in [0.15, 0.2) is 0 Å². The molecule has 1 aliphatic carbocycles. The second kappa shape index (κ2) is 10.4. The standard InChI is InChI=1S/C26H32N4O4S/c1-34-21-6-2-5-18(15-21)24(31)29-17-20(16-22(29)25(32)28-12-4-10-27-11-13-28)30(19-8-9-19)26(33)23-7-3-14-35-23/h2-3,5-7,14-15,19-20,22,27H,4,8-13,16-17H2,1H3. The van der Waals surface area contributed by atoms with Crippen LogP contribution in [0.5, 0.6) is 5.75 Å². The molecule has 0 spiro atoms. The number of thiophene rings is 1. The summed E-state index contributed by atoms with van der Waals surface area (Å²) in [5.74, 6) is 0.387. The zero-order valence-corrected chi connectivity index (χ0v) is 20.8. The third-order valence-corrected chi connectivity index (χ3v) is 7.95. The summed E-state index contributed by atoms with van der Waals surface area (Å²) in [4.78, 5) is 47.1. The average Bonchev–Trinajstić information content (AvgIpc) is 3.48. The summed E-state index contributed by atoms with van der Waals surface area (Å²) < 4.78 is 5.32. The van der Waals surface area contributed by atoms with Gasteiger partial charge < -0.3 is 24.8 Å². The molecule has 3 heterocycles. The van der Waals surface area contributed by atoms with Crippen molar-refractivity contribution >= 4 is 29.1 Å². The molecule has 1 aromatic heterocycles. The highest BCUT2D eigenvalue weighted by molar-refractivity contribution is 7.12. The van der Waals surface area contributed by atoms with Crippen LogP contribution >= 0.6 is 11.3 Å². The first-order valence-corrected chi connectivity index (χ1v) is 13.3. The molecule has 0 bridgehead atoms. The summed E-state index contributed by atoms with van der Waals surface area (Å²) in [7, 11) is 1.57. The Labute approximate surface area is 209 Å². The van der Waals surface area contributed by atoms with Gasteiger partial charge in [-0.2, -0.15) is 0 Å². The van der Waals surface area contributed by atoms with Gasteiger partial charge in [0, 0.05) is 37.8 Å². The van der Waals surface area contributed by atoms with E-state index in [1.54, 1.807) is 36.3 Å². The lowest BCUT2D eigenvalue weighted by atomic mass is 10.1. The molecule has 1 N–H and O–H groups in total. The lowest BCUT2D eigenvalue weighted by Crippen LogP contribution is -2.48. The van der Waals surface area contributed by atoms with Gasteiger partial charge in [0.05, 0.1) is 18.0 Å². The van der Waals surface area contributed by atoms with Crippen LogP contribution in [0.1, 0.15) is 45.7 Å². The maximum atomic E-state index is 13.8. The van der Waals surface area contributed by atoms with Crippen LogP contribution in [-0.4, -0.2) is 90.4 Å². The topological polar surface area (TPSA) is 82.2 Å². The largest absolute Gasteiger partial charge is 0.497 e. The van der Waals surface area contributed by atoms with E-state index < -0.39 is 6.04 Å². The summed E-state index contributed by atoms with van der Waals surface area (Å²) in [5, 5.41) is 5.24. The van der Waals surface area contributed by atoms with E-state index >= 15 is 0 Å². The number of carbonyl (C=O) groups is 3. The second-order valence-corrected chi connectivity index (χ2v) is 10.4. The molecule has 2 saturated heterocycles. The fourth-order valence-electron chi connectivity index (χ4n) is 5.18. The maximum Gasteiger partial charge on any atom is 0.264 e. The van der Waals surface area contributed by atoms with E-state index in [0.717, 1.165) is 32.4 Å². The number of amides is 3. The number of hydrogen-bond donors (Lipinski definition) is 1. The molecule has 35 heavy (non-hydrogen) atoms. The van der Waals surface area contributed by atoms with Crippen molar-refractivity contribution < 1.29 is 19.1 Å². The Hall–Kier alpha value is -2.91. The number of rotatable bonds is 6. The van der Waals surface area contributed by atoms with Gasteiger partial charge in [-0.05, 0) is 61.9 Å². The second-order valence-electron chi connectivity index (χ2n) is 9.44. The molecular formula is C26H32N4O4S. The van der Waals surface area contributed by atoms with Crippen molar-refractivity contribution in [3.8, 4) is 5.75 Å². The molecule has 2 unspecified atom stereocenters. The fraction of sp³-hybridized carbons (Fsp3) is 0.500. The van der Waals surface area contributed by atoms with Crippen LogP contribution in [0.2, 0.25) is 0 Å². The molecule has 5 rings (SSSR count). The first kappa shape index (κ1) is 23.8. The average molecular weight is 497 g/mol. The number of nitrogens with zero attached hydrogens (tertiary/aromatic N) is 3. The maximum absolute atomic E-state index is 13.8. The van der Waals surface area contributed by atoms with Crippen molar-refractivity contribution in [3.63, 3.8) is 0 Å². The van der Waals surface area contributed by atoms with Crippen molar-refractivity contribution in [1.82, 2.24) is 20.0 Å². The Kier molecular flexibility index (Phi) is 7.06. The first-order chi connectivity index (χ1) is 17.1. The molecule has 3 amide bonds. The van der Waals surface area contributed by atoms with Gasteiger partial charge in [0.1, 0.15) is 11.8 Å². The number of benzene rings is 1. The van der Waals surface area contributed by atoms with E-state index in [9.17, 15) is 14.4 Å². The minimum Gasteiger partial charge on any atom is -0.497 e. The van der Waals surface area contributed by atoms with Crippen molar-refractivity contribution in [2.45, 2.75) is 43.8 Å². The molecule has 8 nitrogen and oxygen atoms in total. The van der Waals surface area contributed by atoms with Gasteiger partial charge in [-0.15, -0.1) is 11.3 Å². The molecule has 1 aromatic carbocycles. The summed E-state index contributed by atoms with van der Waals surface area (Å²) in [6, 6.07) is 10.2. The van der Waals surface area contributed by atoms with Gasteiger partial charge in [-0.25, -0.2) is 0 Å². The van der Waals surface area contributed by atoms with Crippen LogP contribution in [0.3, 0.4) is 0 Å². The van der Waals surface area contributed by atoms with Gasteiger partial charge in [0.25, 0.3) is 11.8 Å². The van der Waals surface area contributed by atoms with Crippen LogP contribution in [-0.2, 0) is 4.79 Å². The lowest BCUT2D eigenvalue weighted by molar-refractivity contribution is -0.135. The SMILES string of the molecule is COc1cccc(C(=O)N2CC(N(C(=O)c3cccs3)C3CC3)CC2C(=O)N2CCCNCC2)c1. The lowest BCUT2D eigenvalue weighted by Gasteiger charge is -2.29. The van der Waals surface area contributed by atoms with Crippen molar-refractivity contribution in [2.75, 3.05) is 39.8 Å². The van der Waals surface area contributed by atoms with Gasteiger partial charge in [-0.1, -0.05) is 12.1 Å². The molecule has 9 heteroatoms. The molecule has 2 aromatic rings. The third-order valence-electron chi connectivity index (χ3n) is 7.09. The Morgan fingerprint density at radius 3 is 2.69 bits per heavy atom. The van der Waals surface area contributed by atoms with Crippen LogP contribution < -0.4 is 10.1 Å². The highest BCUT2D eigenvalue weighted by atomic mass is 32.1. The van der Waals surface area contributed by atoms with Gasteiger partial charge in [0.2, 0.25) is 5.91 Å². The van der Waals surface area contributed by atoms with E-state index in [1.165, 1.54) is 11.3 Å². The smallest absolute Gasteiger partial charge is 0.264 e. The monoisotopic (exact) mass is 496 g/mol. The summed E-state index contributed by atoms with van der Waals surface area (Å²) in [6.07, 6.45) is 3.28. The Bertz CT molecular complexity index is 1060. The van der Waals surface area contributed by atoms with Crippen molar-refractivity contribution in [1.29, 1.82) is 0 Å². The van der Waals surface area contributed by atoms with Crippen LogP contribution in [0, 0.1) is 0 Å². The van der Waals surface area contributed by atoms with Gasteiger partial charge in [-0.3, -0.25) is 14.4 Å². The van der Waals surface area contributed by atoms with E-state index in [4.69, 9.17) is 4.74 Å². The normalized spacial score (nSPS) is 22.5. The van der Waals surface area contributed by atoms with E-state index in [1.807, 2.05) is 27.3 Å². The Balaban J connectivity index is 1.44. The van der Waals surface area contributed by atoms with Crippen LogP contribution in [0.25, 0.3) is 0 Å². The first-order valence-electron chi connectivity index (χ1n) is 12.4. The predicted octanol–water partition coefficient (Wildman–Crippen LogP) is 2.47. The van der Waals surface area contributed by atoms with Crippen LogP contribution in [0.4, 0.5) is 0 Å². The number of carbonyl (C=O) groups excluding carboxylic acids is 3. The summed E-state index contributed by atoms with van der Waals surface area (Å²) in [6.45, 7) is 3.29. The van der Waals surface area contributed by atoms with E-state index in [0.29, 0.717) is 42.2 Å². The Morgan fingerprint density at radius 1 is 1.09 bits per heavy atom. The number of nitrogens with one attached hydrogen (secondary N) is 1. The predicted molar refractivity (Wildman–Crippen MR) is 134 cm³/mol. The highest BCUT2D eigenvalue weighted by Gasteiger charge is 2.48. The number of hydrogen-bond acceptors (Lipinski definition) is 6. The molecule has 2 atom stereocenters. The van der Waals surface area contributed by atoms with Crippen LogP contribution in [0.15, 0.2) is 41.8 Å².